The Morgan fingerprint density at radius 1 is 0.537 bits per heavy atom. The van der Waals surface area contributed by atoms with Gasteiger partial charge in [-0.25, -0.2) is 0 Å². The number of carbonyl (C=O) groups is 1. The summed E-state index contributed by atoms with van der Waals surface area (Å²) in [6.45, 7) is 17.4. The SMILES string of the molecule is C=C1CC2CC[C@@]34OC5C6O[C@@](O)(C(O3)C6OC3CCC(CC(=O)OC6C(C[C@H]7OC(CC[C@@H]1O2)C[C@@H](C)C7=C)O[C@H]1C[C@H]2O[C@@]7(CC8OC9(C[C@H](C)C8O7)C[C@H](C)C7OC8CC(C(O)CO)OC8C[C@@H]7O9)C[C@H]2O[C@H]1[C@@H]6C)O[C@@H]35)C4O. The minimum absolute atomic E-state index is 0.0316. The molecule has 17 aliphatic heterocycles. The van der Waals surface area contributed by atoms with E-state index in [1.165, 1.54) is 0 Å². The Morgan fingerprint density at radius 3 is 2.06 bits per heavy atom. The first kappa shape index (κ1) is 55.5. The van der Waals surface area contributed by atoms with Gasteiger partial charge in [-0.3, -0.25) is 4.79 Å². The summed E-state index contributed by atoms with van der Waals surface area (Å²) in [5.41, 5.74) is 2.01. The lowest BCUT2D eigenvalue weighted by atomic mass is 9.78. The molecule has 17 rings (SSSR count). The van der Waals surface area contributed by atoms with Gasteiger partial charge < -0.3 is 96.2 Å². The van der Waals surface area contributed by atoms with Crippen LogP contribution in [0.3, 0.4) is 0 Å². The maximum absolute atomic E-state index is 14.6. The molecule has 0 amide bonds. The number of ether oxygens (including phenoxy) is 16. The van der Waals surface area contributed by atoms with Crippen LogP contribution in [-0.4, -0.2) is 215 Å². The molecule has 0 aromatic carbocycles. The summed E-state index contributed by atoms with van der Waals surface area (Å²) in [6.07, 6.45) is -3.21. The Balaban J connectivity index is 0.633. The van der Waals surface area contributed by atoms with Gasteiger partial charge >= 0.3 is 5.97 Å². The number of rotatable bonds is 2. The van der Waals surface area contributed by atoms with E-state index in [2.05, 4.69) is 40.9 Å². The first-order valence-electron chi connectivity index (χ1n) is 31.6. The summed E-state index contributed by atoms with van der Waals surface area (Å²) >= 11 is 0. The standard InChI is InChI=1S/C61H86O21/c1-25-13-31-7-9-35-26(2)14-33(67-35)11-12-60-57(65)61(66)56(82-60)55-54(81-61)53(80-60)52-36(72-55)10-8-32(69-52)15-47(64)75-51-30(6)50-43(71-42(51)16-37(68-31)29(25)5)19-41-45(74-50)22-59(76-41)23-46-49(79-59)28(4)21-58(78-46)20-27(3)48-44(77-58)18-39-40(73-48)17-38(70-39)34(63)24-62/h25,27-28,30-46,48-57,62-63,65-66H,2,5,7-24H2,1,3-4,6H3/t25-,27+,28+,30+,31?,32?,33?,34?,35+,36?,37-,38?,39?,40?,41-,42?,43+,44+,45-,46?,48?,49?,50+,51?,52+,53?,54?,55?,56?,57?,58?,59+,60-,61+/m1/s1. The van der Waals surface area contributed by atoms with E-state index < -0.39 is 108 Å². The van der Waals surface area contributed by atoms with Gasteiger partial charge in [-0.05, 0) is 73.8 Å². The lowest BCUT2D eigenvalue weighted by molar-refractivity contribution is -0.369. The van der Waals surface area contributed by atoms with Crippen molar-refractivity contribution >= 4 is 5.97 Å². The first-order chi connectivity index (χ1) is 39.3. The fraction of sp³-hybridized carbons (Fsp3) is 0.918. The van der Waals surface area contributed by atoms with E-state index in [1.807, 2.05) is 0 Å². The van der Waals surface area contributed by atoms with Crippen molar-refractivity contribution in [1.82, 2.24) is 0 Å². The van der Waals surface area contributed by atoms with Gasteiger partial charge in [-0.15, -0.1) is 0 Å². The quantitative estimate of drug-likeness (QED) is 0.228. The van der Waals surface area contributed by atoms with Crippen molar-refractivity contribution in [3.63, 3.8) is 0 Å². The summed E-state index contributed by atoms with van der Waals surface area (Å²) in [7, 11) is 0. The molecule has 34 atom stereocenters. The van der Waals surface area contributed by atoms with Gasteiger partial charge in [0.1, 0.15) is 42.7 Å². The number of hydrogen-bond donors (Lipinski definition) is 4. The Bertz CT molecular complexity index is 2500. The van der Waals surface area contributed by atoms with E-state index >= 15 is 0 Å². The molecule has 0 radical (unpaired) electrons. The van der Waals surface area contributed by atoms with E-state index in [9.17, 15) is 25.2 Å². The van der Waals surface area contributed by atoms with E-state index in [1.54, 1.807) is 0 Å². The normalized spacial score (nSPS) is 59.6. The van der Waals surface area contributed by atoms with Crippen molar-refractivity contribution in [2.24, 2.45) is 23.7 Å². The van der Waals surface area contributed by atoms with Gasteiger partial charge in [0.25, 0.3) is 0 Å². The predicted octanol–water partition coefficient (Wildman–Crippen LogP) is 3.62. The number of carbonyl (C=O) groups excluding carboxylic acids is 1. The second kappa shape index (κ2) is 20.1. The van der Waals surface area contributed by atoms with Crippen molar-refractivity contribution in [1.29, 1.82) is 0 Å². The van der Waals surface area contributed by atoms with Crippen molar-refractivity contribution in [2.45, 2.75) is 319 Å². The number of esters is 1. The largest absolute Gasteiger partial charge is 0.459 e. The van der Waals surface area contributed by atoms with E-state index in [-0.39, 0.29) is 122 Å². The van der Waals surface area contributed by atoms with Crippen LogP contribution in [0.25, 0.3) is 0 Å². The highest BCUT2D eigenvalue weighted by Crippen LogP contribution is 2.60. The lowest BCUT2D eigenvalue weighted by Gasteiger charge is -2.54. The fourth-order valence-electron chi connectivity index (χ4n) is 18.9. The molecule has 21 heteroatoms. The highest BCUT2D eigenvalue weighted by atomic mass is 16.8. The van der Waals surface area contributed by atoms with E-state index in [0.29, 0.717) is 83.5 Å². The summed E-state index contributed by atoms with van der Waals surface area (Å²) in [4.78, 5) is 14.6. The monoisotopic (exact) mass is 1150 g/mol. The number of aliphatic hydroxyl groups excluding tert-OH is 3. The second-order valence-electron chi connectivity index (χ2n) is 28.4. The van der Waals surface area contributed by atoms with Gasteiger partial charge in [0, 0.05) is 63.7 Å². The highest BCUT2D eigenvalue weighted by Gasteiger charge is 2.79. The molecule has 17 heterocycles. The maximum atomic E-state index is 14.6. The average molecular weight is 1160 g/mol. The Hall–Kier alpha value is -1.81. The highest BCUT2D eigenvalue weighted by molar-refractivity contribution is 5.70. The average Bonchev–Trinajstić information content (AvgIpc) is 1.78. The Kier molecular flexibility index (Phi) is 13.6. The van der Waals surface area contributed by atoms with E-state index in [0.717, 1.165) is 24.0 Å². The van der Waals surface area contributed by atoms with Crippen molar-refractivity contribution in [3.8, 4) is 0 Å². The molecule has 456 valence electrons. The van der Waals surface area contributed by atoms with Crippen LogP contribution >= 0.6 is 0 Å². The van der Waals surface area contributed by atoms with E-state index in [4.69, 9.17) is 75.8 Å². The van der Waals surface area contributed by atoms with Crippen LogP contribution in [0.15, 0.2) is 24.3 Å². The molecule has 82 heavy (non-hydrogen) atoms. The molecule has 17 saturated heterocycles. The molecule has 3 spiro atoms. The molecule has 12 bridgehead atoms. The molecule has 17 aliphatic rings. The van der Waals surface area contributed by atoms with Gasteiger partial charge in [0.05, 0.1) is 123 Å². The van der Waals surface area contributed by atoms with Crippen LogP contribution in [0, 0.1) is 23.7 Å². The summed E-state index contributed by atoms with van der Waals surface area (Å²) < 4.78 is 109. The van der Waals surface area contributed by atoms with Crippen LogP contribution < -0.4 is 0 Å². The zero-order valence-electron chi connectivity index (χ0n) is 47.7. The lowest BCUT2D eigenvalue weighted by Crippen LogP contribution is -2.63. The van der Waals surface area contributed by atoms with Crippen LogP contribution in [-0.2, 0) is 80.6 Å². The first-order valence-corrected chi connectivity index (χ1v) is 31.6. The third-order valence-corrected chi connectivity index (χ3v) is 22.9. The molecule has 21 nitrogen and oxygen atoms in total. The minimum atomic E-state index is -2.03. The van der Waals surface area contributed by atoms with Crippen LogP contribution in [0.5, 0.6) is 0 Å². The second-order valence-corrected chi connectivity index (χ2v) is 28.4. The van der Waals surface area contributed by atoms with Gasteiger partial charge in [0.2, 0.25) is 11.6 Å². The molecule has 0 aromatic heterocycles. The molecule has 0 aliphatic carbocycles. The fourth-order valence-corrected chi connectivity index (χ4v) is 18.9. The van der Waals surface area contributed by atoms with Crippen molar-refractivity contribution in [2.75, 3.05) is 6.61 Å². The molecular weight excluding hydrogens is 1070 g/mol. The Labute approximate surface area is 478 Å². The maximum Gasteiger partial charge on any atom is 0.308 e. The van der Waals surface area contributed by atoms with Crippen LogP contribution in [0.2, 0.25) is 0 Å². The third-order valence-electron chi connectivity index (χ3n) is 22.9. The zero-order chi connectivity index (χ0) is 56.1. The molecule has 17 fully saturated rings. The van der Waals surface area contributed by atoms with Gasteiger partial charge in [0.15, 0.2) is 17.7 Å². The smallest absolute Gasteiger partial charge is 0.308 e. The topological polar surface area (TPSA) is 246 Å². The summed E-state index contributed by atoms with van der Waals surface area (Å²) in [5, 5.41) is 43.8. The Morgan fingerprint density at radius 2 is 1.22 bits per heavy atom. The van der Waals surface area contributed by atoms with Gasteiger partial charge in [-0.2, -0.15) is 0 Å². The minimum Gasteiger partial charge on any atom is -0.459 e. The third kappa shape index (κ3) is 8.87. The number of fused-ring (bicyclic) bond motifs is 11. The van der Waals surface area contributed by atoms with Crippen LogP contribution in [0.1, 0.15) is 137 Å². The molecule has 0 aromatic rings. The number of aliphatic hydroxyl groups is 4. The van der Waals surface area contributed by atoms with Gasteiger partial charge in [-0.1, -0.05) is 40.9 Å². The zero-order valence-corrected chi connectivity index (χ0v) is 47.7. The van der Waals surface area contributed by atoms with Crippen LogP contribution in [0.4, 0.5) is 0 Å². The summed E-state index contributed by atoms with van der Waals surface area (Å²) in [5.74, 6) is -5.68. The van der Waals surface area contributed by atoms with Crippen molar-refractivity contribution < 1.29 is 101 Å². The molecule has 0 saturated carbocycles. The summed E-state index contributed by atoms with van der Waals surface area (Å²) in [6, 6.07) is 0. The molecular formula is C61H86O21. The number of hydrogen-bond acceptors (Lipinski definition) is 21. The predicted molar refractivity (Wildman–Crippen MR) is 279 cm³/mol. The molecule has 19 unspecified atom stereocenters. The van der Waals surface area contributed by atoms with Crippen molar-refractivity contribution in [3.05, 3.63) is 24.3 Å². The molecule has 4 N–H and O–H groups in total.